The van der Waals surface area contributed by atoms with Crippen molar-refractivity contribution in [1.29, 1.82) is 0 Å². The van der Waals surface area contributed by atoms with Crippen LogP contribution in [-0.2, 0) is 11.3 Å². The number of nitrogens with zero attached hydrogens (tertiary/aromatic N) is 3. The van der Waals surface area contributed by atoms with Crippen molar-refractivity contribution in [2.24, 2.45) is 0 Å². The maximum atomic E-state index is 11.5. The van der Waals surface area contributed by atoms with Gasteiger partial charge in [0.05, 0.1) is 25.5 Å². The van der Waals surface area contributed by atoms with Gasteiger partial charge in [0.15, 0.2) is 5.69 Å². The zero-order valence-corrected chi connectivity index (χ0v) is 10.7. The number of aliphatic hydroxyl groups excluding tert-OH is 1. The largest absolute Gasteiger partial charge is 0.464 e. The summed E-state index contributed by atoms with van der Waals surface area (Å²) in [7, 11) is 1.31. The van der Waals surface area contributed by atoms with Gasteiger partial charge in [-0.1, -0.05) is 26.0 Å². The number of aliphatic hydroxyl groups is 1. The van der Waals surface area contributed by atoms with Crippen LogP contribution in [0, 0.1) is 0 Å². The molecule has 0 aliphatic heterocycles. The molecule has 17 heavy (non-hydrogen) atoms. The summed E-state index contributed by atoms with van der Waals surface area (Å²) in [6.45, 7) is 6.12. The molecule has 0 amide bonds. The Morgan fingerprint density at radius 2 is 2.18 bits per heavy atom. The van der Waals surface area contributed by atoms with E-state index in [1.165, 1.54) is 7.11 Å². The summed E-state index contributed by atoms with van der Waals surface area (Å²) in [4.78, 5) is 11.5. The monoisotopic (exact) mass is 241 g/mol. The fourth-order valence-electron chi connectivity index (χ4n) is 1.60. The van der Waals surface area contributed by atoms with E-state index in [0.29, 0.717) is 18.7 Å². The molecule has 0 aromatic carbocycles. The summed E-state index contributed by atoms with van der Waals surface area (Å²) in [5, 5.41) is 17.3. The molecule has 6 nitrogen and oxygen atoms in total. The van der Waals surface area contributed by atoms with Gasteiger partial charge in [-0.15, -0.1) is 5.10 Å². The molecule has 6 heteroatoms. The summed E-state index contributed by atoms with van der Waals surface area (Å²) in [5.74, 6) is -0.408. The van der Waals surface area contributed by atoms with Crippen molar-refractivity contribution in [3.63, 3.8) is 0 Å². The molecule has 1 aromatic heterocycles. The van der Waals surface area contributed by atoms with Gasteiger partial charge in [-0.25, -0.2) is 9.48 Å². The van der Waals surface area contributed by atoms with Crippen LogP contribution in [0.4, 0.5) is 0 Å². The molecule has 0 bridgehead atoms. The Hall–Kier alpha value is -1.43. The van der Waals surface area contributed by atoms with Crippen molar-refractivity contribution >= 4 is 5.97 Å². The number of carbonyl (C=O) groups excluding carboxylic acids is 1. The molecular formula is C11H19N3O3. The van der Waals surface area contributed by atoms with Gasteiger partial charge in [0.2, 0.25) is 0 Å². The lowest BCUT2D eigenvalue weighted by Crippen LogP contribution is -2.19. The molecule has 1 N–H and O–H groups in total. The van der Waals surface area contributed by atoms with Crippen molar-refractivity contribution in [2.45, 2.75) is 45.8 Å². The Morgan fingerprint density at radius 3 is 2.65 bits per heavy atom. The second-order valence-electron chi connectivity index (χ2n) is 4.21. The average molecular weight is 241 g/mol. The van der Waals surface area contributed by atoms with Gasteiger partial charge < -0.3 is 9.84 Å². The molecule has 0 saturated heterocycles. The van der Waals surface area contributed by atoms with Crippen LogP contribution in [0.15, 0.2) is 0 Å². The van der Waals surface area contributed by atoms with E-state index < -0.39 is 12.1 Å². The molecule has 0 aliphatic carbocycles. The molecule has 1 unspecified atom stereocenters. The highest BCUT2D eigenvalue weighted by atomic mass is 16.5. The normalized spacial score (nSPS) is 12.8. The number of ether oxygens (including phenoxy) is 1. The molecule has 0 saturated carbocycles. The third kappa shape index (κ3) is 3.03. The first kappa shape index (κ1) is 13.6. The SMILES string of the molecule is CCC(O)Cn1nnc(C(=O)OC)c1C(C)C. The van der Waals surface area contributed by atoms with Gasteiger partial charge in [0.1, 0.15) is 0 Å². The van der Waals surface area contributed by atoms with E-state index >= 15 is 0 Å². The Morgan fingerprint density at radius 1 is 1.53 bits per heavy atom. The van der Waals surface area contributed by atoms with Gasteiger partial charge in [-0.3, -0.25) is 0 Å². The number of methoxy groups -OCH3 is 1. The highest BCUT2D eigenvalue weighted by Gasteiger charge is 2.23. The fourth-order valence-corrected chi connectivity index (χ4v) is 1.60. The minimum Gasteiger partial charge on any atom is -0.464 e. The zero-order chi connectivity index (χ0) is 13.0. The molecule has 0 fully saturated rings. The summed E-state index contributed by atoms with van der Waals surface area (Å²) < 4.78 is 6.23. The third-order valence-corrected chi connectivity index (χ3v) is 2.55. The van der Waals surface area contributed by atoms with Crippen molar-refractivity contribution in [1.82, 2.24) is 15.0 Å². The summed E-state index contributed by atoms with van der Waals surface area (Å²) in [5.41, 5.74) is 0.926. The maximum Gasteiger partial charge on any atom is 0.360 e. The summed E-state index contributed by atoms with van der Waals surface area (Å²) >= 11 is 0. The highest BCUT2D eigenvalue weighted by Crippen LogP contribution is 2.18. The quantitative estimate of drug-likeness (QED) is 0.777. The van der Waals surface area contributed by atoms with Crippen LogP contribution >= 0.6 is 0 Å². The fraction of sp³-hybridized carbons (Fsp3) is 0.727. The first-order valence-corrected chi connectivity index (χ1v) is 5.71. The Labute approximate surface area is 101 Å². The van der Waals surface area contributed by atoms with Crippen molar-refractivity contribution in [3.8, 4) is 0 Å². The van der Waals surface area contributed by atoms with Crippen molar-refractivity contribution in [3.05, 3.63) is 11.4 Å². The van der Waals surface area contributed by atoms with Gasteiger partial charge in [-0.05, 0) is 12.3 Å². The number of aromatic nitrogens is 3. The maximum absolute atomic E-state index is 11.5. The molecule has 1 heterocycles. The van der Waals surface area contributed by atoms with Crippen molar-refractivity contribution < 1.29 is 14.6 Å². The van der Waals surface area contributed by atoms with E-state index in [-0.39, 0.29) is 11.6 Å². The van der Waals surface area contributed by atoms with E-state index in [4.69, 9.17) is 0 Å². The first-order chi connectivity index (χ1) is 8.01. The minimum absolute atomic E-state index is 0.0863. The molecular weight excluding hydrogens is 222 g/mol. The van der Waals surface area contributed by atoms with Crippen LogP contribution < -0.4 is 0 Å². The third-order valence-electron chi connectivity index (χ3n) is 2.55. The van der Waals surface area contributed by atoms with Crippen molar-refractivity contribution in [2.75, 3.05) is 7.11 Å². The second-order valence-corrected chi connectivity index (χ2v) is 4.21. The standard InChI is InChI=1S/C11H19N3O3/c1-5-8(15)6-14-10(7(2)3)9(12-13-14)11(16)17-4/h7-8,15H,5-6H2,1-4H3. The number of hydrogen-bond acceptors (Lipinski definition) is 5. The van der Waals surface area contributed by atoms with Crippen LogP contribution in [0.5, 0.6) is 0 Å². The lowest BCUT2D eigenvalue weighted by molar-refractivity contribution is 0.0591. The Kier molecular flexibility index (Phi) is 4.62. The number of esters is 1. The Bertz CT molecular complexity index is 387. The smallest absolute Gasteiger partial charge is 0.360 e. The molecule has 0 spiro atoms. The lowest BCUT2D eigenvalue weighted by Gasteiger charge is -2.13. The van der Waals surface area contributed by atoms with E-state index in [1.807, 2.05) is 20.8 Å². The predicted octanol–water partition coefficient (Wildman–Crippen LogP) is 0.959. The van der Waals surface area contributed by atoms with Crippen LogP contribution in [-0.4, -0.2) is 39.3 Å². The molecule has 1 atom stereocenters. The number of carbonyl (C=O) groups is 1. The average Bonchev–Trinajstić information content (AvgIpc) is 2.71. The summed E-state index contributed by atoms with van der Waals surface area (Å²) in [6, 6.07) is 0. The predicted molar refractivity (Wildman–Crippen MR) is 61.7 cm³/mol. The van der Waals surface area contributed by atoms with E-state index in [9.17, 15) is 9.90 Å². The van der Waals surface area contributed by atoms with Gasteiger partial charge in [0.25, 0.3) is 0 Å². The van der Waals surface area contributed by atoms with E-state index in [2.05, 4.69) is 15.0 Å². The second kappa shape index (κ2) is 5.77. The summed E-state index contributed by atoms with van der Waals surface area (Å²) in [6.07, 6.45) is 0.144. The highest BCUT2D eigenvalue weighted by molar-refractivity contribution is 5.88. The molecule has 1 aromatic rings. The van der Waals surface area contributed by atoms with Gasteiger partial charge >= 0.3 is 5.97 Å². The van der Waals surface area contributed by atoms with E-state index in [0.717, 1.165) is 0 Å². The van der Waals surface area contributed by atoms with Gasteiger partial charge in [0, 0.05) is 0 Å². The van der Waals surface area contributed by atoms with Gasteiger partial charge in [-0.2, -0.15) is 0 Å². The number of rotatable bonds is 5. The zero-order valence-electron chi connectivity index (χ0n) is 10.7. The minimum atomic E-state index is -0.495. The van der Waals surface area contributed by atoms with E-state index in [1.54, 1.807) is 4.68 Å². The molecule has 0 radical (unpaired) electrons. The lowest BCUT2D eigenvalue weighted by atomic mass is 10.1. The van der Waals surface area contributed by atoms with Crippen LogP contribution in [0.25, 0.3) is 0 Å². The molecule has 96 valence electrons. The number of hydrogen-bond donors (Lipinski definition) is 1. The molecule has 1 rings (SSSR count). The molecule has 0 aliphatic rings. The first-order valence-electron chi connectivity index (χ1n) is 5.71. The van der Waals surface area contributed by atoms with Crippen LogP contribution in [0.2, 0.25) is 0 Å². The van der Waals surface area contributed by atoms with Crippen LogP contribution in [0.3, 0.4) is 0 Å². The van der Waals surface area contributed by atoms with Crippen LogP contribution in [0.1, 0.15) is 49.3 Å². The Balaban J connectivity index is 3.06. The topological polar surface area (TPSA) is 77.2 Å².